The van der Waals surface area contributed by atoms with Crippen molar-refractivity contribution in [1.29, 1.82) is 0 Å². The average molecular weight is 437 g/mol. The number of hydrogen-bond donors (Lipinski definition) is 5. The molecule has 9 nitrogen and oxygen atoms in total. The summed E-state index contributed by atoms with van der Waals surface area (Å²) in [4.78, 5) is 50.2. The molecule has 4 atom stereocenters. The van der Waals surface area contributed by atoms with Crippen LogP contribution in [0.4, 0.5) is 0 Å². The maximum absolute atomic E-state index is 12.8. The molecule has 3 amide bonds. The van der Waals surface area contributed by atoms with E-state index in [1.807, 2.05) is 30.3 Å². The van der Waals surface area contributed by atoms with Crippen molar-refractivity contribution in [2.24, 2.45) is 5.73 Å². The van der Waals surface area contributed by atoms with Crippen LogP contribution >= 0.6 is 12.6 Å². The number of rotatable bonds is 9. The Hall–Kier alpha value is -2.59. The first-order valence-electron chi connectivity index (χ1n) is 9.79. The van der Waals surface area contributed by atoms with Crippen molar-refractivity contribution >= 4 is 36.3 Å². The lowest BCUT2D eigenvalue weighted by molar-refractivity contribution is -0.142. The minimum Gasteiger partial charge on any atom is -0.480 e. The summed E-state index contributed by atoms with van der Waals surface area (Å²) in [5.41, 5.74) is 7.02. The molecular weight excluding hydrogens is 408 g/mol. The van der Waals surface area contributed by atoms with Gasteiger partial charge in [0.05, 0.1) is 6.04 Å². The third kappa shape index (κ3) is 6.20. The van der Waals surface area contributed by atoms with Crippen LogP contribution in [0.5, 0.6) is 0 Å². The molecule has 2 rings (SSSR count). The van der Waals surface area contributed by atoms with Gasteiger partial charge in [-0.25, -0.2) is 4.79 Å². The number of nitrogens with one attached hydrogen (secondary N) is 2. The maximum Gasteiger partial charge on any atom is 0.327 e. The van der Waals surface area contributed by atoms with Gasteiger partial charge in [-0.2, -0.15) is 12.6 Å². The van der Waals surface area contributed by atoms with E-state index in [1.165, 1.54) is 11.8 Å². The smallest absolute Gasteiger partial charge is 0.327 e. The first kappa shape index (κ1) is 23.7. The summed E-state index contributed by atoms with van der Waals surface area (Å²) in [6.07, 6.45) is 1.49. The normalized spacial score (nSPS) is 18.9. The summed E-state index contributed by atoms with van der Waals surface area (Å²) in [7, 11) is 0. The standard InChI is InChI=1S/C20H28N4O5S/c1-12(17(25)23-15(11-30)20(28)29)22-18(26)16-8-5-9-24(16)19(27)14(21)10-13-6-3-2-4-7-13/h2-4,6-7,12,14-16,30H,5,8-11,21H2,1H3,(H,22,26)(H,23,25)(H,28,29). The summed E-state index contributed by atoms with van der Waals surface area (Å²) in [6, 6.07) is 5.79. The van der Waals surface area contributed by atoms with Gasteiger partial charge in [0.25, 0.3) is 0 Å². The van der Waals surface area contributed by atoms with Crippen molar-refractivity contribution in [2.45, 2.75) is 50.4 Å². The molecule has 164 valence electrons. The van der Waals surface area contributed by atoms with Crippen LogP contribution in [0.1, 0.15) is 25.3 Å². The molecule has 1 fully saturated rings. The zero-order chi connectivity index (χ0) is 22.3. The van der Waals surface area contributed by atoms with Gasteiger partial charge in [-0.15, -0.1) is 0 Å². The number of hydrogen-bond acceptors (Lipinski definition) is 6. The molecule has 0 aromatic heterocycles. The second-order valence-electron chi connectivity index (χ2n) is 7.30. The van der Waals surface area contributed by atoms with Gasteiger partial charge in [0, 0.05) is 12.3 Å². The number of thiol groups is 1. The first-order valence-corrected chi connectivity index (χ1v) is 10.4. The summed E-state index contributed by atoms with van der Waals surface area (Å²) in [5, 5.41) is 13.9. The zero-order valence-corrected chi connectivity index (χ0v) is 17.7. The van der Waals surface area contributed by atoms with E-state index in [9.17, 15) is 19.2 Å². The molecule has 1 aliphatic heterocycles. The number of aliphatic carboxylic acids is 1. The van der Waals surface area contributed by atoms with Crippen molar-refractivity contribution in [3.8, 4) is 0 Å². The van der Waals surface area contributed by atoms with Gasteiger partial charge in [-0.3, -0.25) is 14.4 Å². The van der Waals surface area contributed by atoms with Crippen molar-refractivity contribution in [3.63, 3.8) is 0 Å². The van der Waals surface area contributed by atoms with E-state index in [1.54, 1.807) is 0 Å². The summed E-state index contributed by atoms with van der Waals surface area (Å²) >= 11 is 3.89. The fraction of sp³-hybridized carbons (Fsp3) is 0.500. The van der Waals surface area contributed by atoms with Gasteiger partial charge < -0.3 is 26.4 Å². The van der Waals surface area contributed by atoms with Crippen LogP contribution in [0.2, 0.25) is 0 Å². The van der Waals surface area contributed by atoms with Crippen molar-refractivity contribution in [1.82, 2.24) is 15.5 Å². The number of nitrogens with zero attached hydrogens (tertiary/aromatic N) is 1. The molecule has 30 heavy (non-hydrogen) atoms. The topological polar surface area (TPSA) is 142 Å². The quantitative estimate of drug-likeness (QED) is 0.332. The van der Waals surface area contributed by atoms with E-state index < -0.39 is 42.0 Å². The zero-order valence-electron chi connectivity index (χ0n) is 16.8. The number of amides is 3. The molecule has 1 saturated heterocycles. The van der Waals surface area contributed by atoms with Gasteiger partial charge in [-0.1, -0.05) is 30.3 Å². The highest BCUT2D eigenvalue weighted by atomic mass is 32.1. The molecule has 0 radical (unpaired) electrons. The second-order valence-corrected chi connectivity index (χ2v) is 7.66. The van der Waals surface area contributed by atoms with Gasteiger partial charge in [0.15, 0.2) is 0 Å². The predicted molar refractivity (Wildman–Crippen MR) is 114 cm³/mol. The molecule has 1 aromatic rings. The van der Waals surface area contributed by atoms with Gasteiger partial charge >= 0.3 is 5.97 Å². The minimum atomic E-state index is -1.21. The predicted octanol–water partition coefficient (Wildman–Crippen LogP) is -0.449. The molecule has 5 N–H and O–H groups in total. The fourth-order valence-electron chi connectivity index (χ4n) is 3.33. The Labute approximate surface area is 180 Å². The molecule has 1 aliphatic rings. The second kappa shape index (κ2) is 11.0. The molecular formula is C20H28N4O5S. The largest absolute Gasteiger partial charge is 0.480 e. The fourth-order valence-corrected chi connectivity index (χ4v) is 3.58. The molecule has 4 unspecified atom stereocenters. The van der Waals surface area contributed by atoms with E-state index >= 15 is 0 Å². The van der Waals surface area contributed by atoms with Crippen LogP contribution in [-0.2, 0) is 25.6 Å². The van der Waals surface area contributed by atoms with Gasteiger partial charge in [0.1, 0.15) is 18.1 Å². The summed E-state index contributed by atoms with van der Waals surface area (Å²) in [5.74, 6) is -2.70. The molecule has 1 aromatic carbocycles. The number of carbonyl (C=O) groups is 4. The van der Waals surface area contributed by atoms with Crippen LogP contribution in [0.3, 0.4) is 0 Å². The van der Waals surface area contributed by atoms with Crippen molar-refractivity contribution in [3.05, 3.63) is 35.9 Å². The SMILES string of the molecule is CC(NC(=O)C1CCCN1C(=O)C(N)Cc1ccccc1)C(=O)NC(CS)C(=O)O. The van der Waals surface area contributed by atoms with E-state index in [0.29, 0.717) is 25.8 Å². The average Bonchev–Trinajstić information content (AvgIpc) is 3.21. The number of carboxylic acid groups (broad SMARTS) is 1. The minimum absolute atomic E-state index is 0.0774. The number of carbonyl (C=O) groups excluding carboxylic acids is 3. The maximum atomic E-state index is 12.8. The Kier molecular flexibility index (Phi) is 8.67. The molecule has 0 saturated carbocycles. The van der Waals surface area contributed by atoms with Crippen LogP contribution in [0, 0.1) is 0 Å². The lowest BCUT2D eigenvalue weighted by atomic mass is 10.1. The Morgan fingerprint density at radius 2 is 1.90 bits per heavy atom. The Bertz CT molecular complexity index is 776. The molecule has 1 heterocycles. The Morgan fingerprint density at radius 3 is 2.50 bits per heavy atom. The molecule has 10 heteroatoms. The van der Waals surface area contributed by atoms with E-state index in [-0.39, 0.29) is 11.7 Å². The Morgan fingerprint density at radius 1 is 1.23 bits per heavy atom. The third-order valence-electron chi connectivity index (χ3n) is 5.00. The number of carboxylic acids is 1. The first-order chi connectivity index (χ1) is 14.2. The van der Waals surface area contributed by atoms with Crippen molar-refractivity contribution in [2.75, 3.05) is 12.3 Å². The molecule has 0 spiro atoms. The summed E-state index contributed by atoms with van der Waals surface area (Å²) in [6.45, 7) is 1.87. The molecule has 0 aliphatic carbocycles. The van der Waals surface area contributed by atoms with Crippen LogP contribution in [0.15, 0.2) is 30.3 Å². The van der Waals surface area contributed by atoms with Crippen LogP contribution in [-0.4, -0.2) is 70.2 Å². The lowest BCUT2D eigenvalue weighted by Gasteiger charge is -2.28. The van der Waals surface area contributed by atoms with E-state index in [0.717, 1.165) is 5.56 Å². The number of likely N-dealkylation sites (tertiary alicyclic amines) is 1. The summed E-state index contributed by atoms with van der Waals surface area (Å²) < 4.78 is 0. The number of nitrogens with two attached hydrogens (primary N) is 1. The third-order valence-corrected chi connectivity index (χ3v) is 5.37. The highest BCUT2D eigenvalue weighted by Gasteiger charge is 2.37. The lowest BCUT2D eigenvalue weighted by Crippen LogP contribution is -2.56. The van der Waals surface area contributed by atoms with Gasteiger partial charge in [0.2, 0.25) is 17.7 Å². The number of benzene rings is 1. The Balaban J connectivity index is 1.95. The van der Waals surface area contributed by atoms with Crippen molar-refractivity contribution < 1.29 is 24.3 Å². The van der Waals surface area contributed by atoms with Crippen LogP contribution < -0.4 is 16.4 Å². The van der Waals surface area contributed by atoms with E-state index in [2.05, 4.69) is 23.3 Å². The highest BCUT2D eigenvalue weighted by molar-refractivity contribution is 7.80. The highest BCUT2D eigenvalue weighted by Crippen LogP contribution is 2.19. The van der Waals surface area contributed by atoms with E-state index in [4.69, 9.17) is 10.8 Å². The van der Waals surface area contributed by atoms with Crippen LogP contribution in [0.25, 0.3) is 0 Å². The van der Waals surface area contributed by atoms with Gasteiger partial charge in [-0.05, 0) is 31.7 Å². The monoisotopic (exact) mass is 436 g/mol. The molecule has 0 bridgehead atoms.